The van der Waals surface area contributed by atoms with E-state index in [0.717, 1.165) is 17.8 Å². The van der Waals surface area contributed by atoms with Crippen molar-refractivity contribution in [3.63, 3.8) is 0 Å². The minimum atomic E-state index is 0.316. The van der Waals surface area contributed by atoms with Crippen LogP contribution in [0, 0.1) is 17.8 Å². The molecule has 1 heteroatoms. The zero-order valence-corrected chi connectivity index (χ0v) is 10.4. The molecule has 0 aromatic heterocycles. The molecule has 0 saturated heterocycles. The smallest absolute Gasteiger partial charge is 0.0755 e. The van der Waals surface area contributed by atoms with Crippen molar-refractivity contribution < 1.29 is 0 Å². The Morgan fingerprint density at radius 3 is 2.12 bits per heavy atom. The maximum atomic E-state index is 5.88. The zero-order chi connectivity index (χ0) is 11.4. The van der Waals surface area contributed by atoms with Gasteiger partial charge in [-0.2, -0.15) is 0 Å². The van der Waals surface area contributed by atoms with Gasteiger partial charge >= 0.3 is 0 Å². The lowest BCUT2D eigenvalue weighted by atomic mass is 9.71. The SMILES string of the molecule is [B]C1C=CC(C2C=CC(CCC)CC2)CC1. The fourth-order valence-electron chi connectivity index (χ4n) is 3.09. The second-order valence-corrected chi connectivity index (χ2v) is 5.46. The van der Waals surface area contributed by atoms with Gasteiger partial charge in [-0.1, -0.05) is 49.9 Å². The van der Waals surface area contributed by atoms with Crippen LogP contribution in [0.5, 0.6) is 0 Å². The van der Waals surface area contributed by atoms with Gasteiger partial charge in [-0.05, 0) is 43.4 Å². The molecular weight excluding hydrogens is 191 g/mol. The van der Waals surface area contributed by atoms with Crippen molar-refractivity contribution in [3.8, 4) is 0 Å². The maximum Gasteiger partial charge on any atom is 0.0755 e. The quantitative estimate of drug-likeness (QED) is 0.485. The Kier molecular flexibility index (Phi) is 4.32. The Labute approximate surface area is 102 Å². The molecule has 0 fully saturated rings. The third-order valence-electron chi connectivity index (χ3n) is 4.15. The Morgan fingerprint density at radius 1 is 0.938 bits per heavy atom. The van der Waals surface area contributed by atoms with Gasteiger partial charge in [-0.3, -0.25) is 0 Å². The maximum absolute atomic E-state index is 5.88. The average Bonchev–Trinajstić information content (AvgIpc) is 2.32. The first-order chi connectivity index (χ1) is 7.79. The van der Waals surface area contributed by atoms with E-state index in [2.05, 4.69) is 31.2 Å². The van der Waals surface area contributed by atoms with Gasteiger partial charge in [-0.15, -0.1) is 0 Å². The molecule has 2 radical (unpaired) electrons. The molecular formula is C15H23B. The molecule has 2 aliphatic rings. The molecule has 0 amide bonds. The molecule has 2 aliphatic carbocycles. The van der Waals surface area contributed by atoms with E-state index in [1.807, 2.05) is 0 Å². The van der Waals surface area contributed by atoms with Crippen molar-refractivity contribution in [2.45, 2.75) is 51.3 Å². The molecule has 0 nitrogen and oxygen atoms in total. The van der Waals surface area contributed by atoms with E-state index < -0.39 is 0 Å². The normalized spacial score (nSPS) is 38.8. The van der Waals surface area contributed by atoms with Gasteiger partial charge in [0.15, 0.2) is 0 Å². The third kappa shape index (κ3) is 3.03. The number of hydrogen-bond donors (Lipinski definition) is 0. The van der Waals surface area contributed by atoms with Crippen LogP contribution in [0.4, 0.5) is 0 Å². The summed E-state index contributed by atoms with van der Waals surface area (Å²) in [5.41, 5.74) is 0. The first-order valence-corrected chi connectivity index (χ1v) is 6.92. The van der Waals surface area contributed by atoms with Gasteiger partial charge in [-0.25, -0.2) is 0 Å². The lowest BCUT2D eigenvalue weighted by Gasteiger charge is -2.30. The van der Waals surface area contributed by atoms with Crippen molar-refractivity contribution in [2.75, 3.05) is 0 Å². The summed E-state index contributed by atoms with van der Waals surface area (Å²) in [5.74, 6) is 2.73. The lowest BCUT2D eigenvalue weighted by Crippen LogP contribution is -2.18. The van der Waals surface area contributed by atoms with E-state index in [4.69, 9.17) is 7.85 Å². The Morgan fingerprint density at radius 2 is 1.62 bits per heavy atom. The van der Waals surface area contributed by atoms with Crippen LogP contribution in [0.25, 0.3) is 0 Å². The molecule has 0 saturated carbocycles. The van der Waals surface area contributed by atoms with Crippen LogP contribution in [0.1, 0.15) is 45.4 Å². The highest BCUT2D eigenvalue weighted by molar-refractivity contribution is 6.12. The van der Waals surface area contributed by atoms with Gasteiger partial charge < -0.3 is 0 Å². The van der Waals surface area contributed by atoms with Gasteiger partial charge in [0.2, 0.25) is 0 Å². The average molecular weight is 214 g/mol. The number of allylic oxidation sites excluding steroid dienone is 4. The molecule has 86 valence electrons. The predicted octanol–water partition coefficient (Wildman–Crippen LogP) is 4.29. The van der Waals surface area contributed by atoms with Crippen molar-refractivity contribution in [1.29, 1.82) is 0 Å². The molecule has 4 unspecified atom stereocenters. The highest BCUT2D eigenvalue weighted by atomic mass is 14.3. The summed E-state index contributed by atoms with van der Waals surface area (Å²) in [7, 11) is 5.88. The molecule has 0 aromatic rings. The summed E-state index contributed by atoms with van der Waals surface area (Å²) >= 11 is 0. The van der Waals surface area contributed by atoms with E-state index in [1.54, 1.807) is 0 Å². The largest absolute Gasteiger partial charge is 0.0938 e. The minimum absolute atomic E-state index is 0.316. The first kappa shape index (κ1) is 12.0. The topological polar surface area (TPSA) is 0 Å². The molecule has 4 atom stereocenters. The molecule has 0 bridgehead atoms. The van der Waals surface area contributed by atoms with Gasteiger partial charge in [0, 0.05) is 0 Å². The first-order valence-electron chi connectivity index (χ1n) is 6.92. The highest BCUT2D eigenvalue weighted by Crippen LogP contribution is 2.36. The second kappa shape index (κ2) is 5.75. The van der Waals surface area contributed by atoms with E-state index >= 15 is 0 Å². The summed E-state index contributed by atoms with van der Waals surface area (Å²) in [5, 5.41) is 0. The fraction of sp³-hybridized carbons (Fsp3) is 0.733. The summed E-state index contributed by atoms with van der Waals surface area (Å²) in [4.78, 5) is 0. The predicted molar refractivity (Wildman–Crippen MR) is 71.6 cm³/mol. The van der Waals surface area contributed by atoms with Crippen LogP contribution in [0.2, 0.25) is 5.82 Å². The third-order valence-corrected chi connectivity index (χ3v) is 4.15. The van der Waals surface area contributed by atoms with Crippen LogP contribution in [0.3, 0.4) is 0 Å². The van der Waals surface area contributed by atoms with Crippen LogP contribution >= 0.6 is 0 Å². The van der Waals surface area contributed by atoms with Crippen LogP contribution in [-0.2, 0) is 0 Å². The van der Waals surface area contributed by atoms with Crippen molar-refractivity contribution in [3.05, 3.63) is 24.3 Å². The summed E-state index contributed by atoms with van der Waals surface area (Å²) in [6.07, 6.45) is 17.4. The molecule has 0 N–H and O–H groups in total. The number of rotatable bonds is 3. The van der Waals surface area contributed by atoms with Crippen molar-refractivity contribution in [1.82, 2.24) is 0 Å². The van der Waals surface area contributed by atoms with Gasteiger partial charge in [0.1, 0.15) is 0 Å². The van der Waals surface area contributed by atoms with Crippen LogP contribution < -0.4 is 0 Å². The van der Waals surface area contributed by atoms with E-state index in [0.29, 0.717) is 5.82 Å². The molecule has 0 aliphatic heterocycles. The molecule has 16 heavy (non-hydrogen) atoms. The summed E-state index contributed by atoms with van der Waals surface area (Å²) in [6.45, 7) is 2.28. The highest BCUT2D eigenvalue weighted by Gasteiger charge is 2.23. The van der Waals surface area contributed by atoms with E-state index in [9.17, 15) is 0 Å². The molecule has 0 heterocycles. The minimum Gasteiger partial charge on any atom is -0.0938 e. The molecule has 0 aromatic carbocycles. The zero-order valence-electron chi connectivity index (χ0n) is 10.4. The van der Waals surface area contributed by atoms with Crippen LogP contribution in [-0.4, -0.2) is 7.85 Å². The second-order valence-electron chi connectivity index (χ2n) is 5.46. The van der Waals surface area contributed by atoms with E-state index in [-0.39, 0.29) is 0 Å². The molecule has 2 rings (SSSR count). The summed E-state index contributed by atoms with van der Waals surface area (Å²) < 4.78 is 0. The van der Waals surface area contributed by atoms with Crippen molar-refractivity contribution in [2.24, 2.45) is 17.8 Å². The number of hydrogen-bond acceptors (Lipinski definition) is 0. The molecule has 0 spiro atoms. The van der Waals surface area contributed by atoms with Gasteiger partial charge in [0.25, 0.3) is 0 Å². The lowest BCUT2D eigenvalue weighted by molar-refractivity contribution is 0.346. The van der Waals surface area contributed by atoms with Crippen molar-refractivity contribution >= 4 is 7.85 Å². The fourth-order valence-corrected chi connectivity index (χ4v) is 3.09. The Hall–Kier alpha value is -0.455. The summed E-state index contributed by atoms with van der Waals surface area (Å²) in [6, 6.07) is 0. The standard InChI is InChI=1S/C15H23B/c1-2-3-12-4-6-13(7-5-12)14-8-10-15(16)11-9-14/h4,6,8,10,12-15H,2-3,5,7,9,11H2,1H3. The van der Waals surface area contributed by atoms with Gasteiger partial charge in [0.05, 0.1) is 7.85 Å². The Balaban J connectivity index is 1.88. The van der Waals surface area contributed by atoms with Crippen LogP contribution in [0.15, 0.2) is 24.3 Å². The monoisotopic (exact) mass is 214 g/mol. The Bertz CT molecular complexity index is 267. The van der Waals surface area contributed by atoms with E-state index in [1.165, 1.54) is 38.5 Å².